The number of hydrogen-bond donors (Lipinski definition) is 1. The van der Waals surface area contributed by atoms with Crippen LogP contribution in [0.2, 0.25) is 10.0 Å². The molecule has 1 amide bonds. The molecule has 2 aromatic rings. The zero-order valence-electron chi connectivity index (χ0n) is 22.7. The Kier molecular flexibility index (Phi) is 8.89. The van der Waals surface area contributed by atoms with Crippen LogP contribution in [0.15, 0.2) is 60.2 Å². The minimum atomic E-state index is -3.93. The lowest BCUT2D eigenvalue weighted by Crippen LogP contribution is -2.51. The molecular formula is C29H36Cl2N2O4S. The summed E-state index contributed by atoms with van der Waals surface area (Å²) in [5.74, 6) is -1.67. The monoisotopic (exact) mass is 578 g/mol. The second kappa shape index (κ2) is 11.1. The van der Waals surface area contributed by atoms with Crippen molar-refractivity contribution in [2.45, 2.75) is 71.2 Å². The Bertz CT molecular complexity index is 1340. The lowest BCUT2D eigenvalue weighted by atomic mass is 9.86. The normalized spacial score (nSPS) is 19.7. The first kappa shape index (κ1) is 30.4. The number of nitrogens with zero attached hydrogens (tertiary/aromatic N) is 1. The summed E-state index contributed by atoms with van der Waals surface area (Å²) in [6.45, 7) is 10.7. The third-order valence-electron chi connectivity index (χ3n) is 6.84. The summed E-state index contributed by atoms with van der Waals surface area (Å²) < 4.78 is 28.4. The minimum absolute atomic E-state index is 0.145. The van der Waals surface area contributed by atoms with Crippen molar-refractivity contribution < 1.29 is 18.0 Å². The average molecular weight is 580 g/mol. The molecule has 206 valence electrons. The van der Waals surface area contributed by atoms with Gasteiger partial charge in [-0.25, -0.2) is 8.42 Å². The van der Waals surface area contributed by atoms with Gasteiger partial charge in [-0.15, -0.1) is 0 Å². The number of ketones is 1. The second-order valence-electron chi connectivity index (χ2n) is 11.9. The van der Waals surface area contributed by atoms with Gasteiger partial charge in [0.25, 0.3) is 0 Å². The smallest absolute Gasteiger partial charge is 0.221 e. The van der Waals surface area contributed by atoms with Gasteiger partial charge in [0, 0.05) is 24.0 Å². The van der Waals surface area contributed by atoms with Crippen molar-refractivity contribution in [1.82, 2.24) is 4.31 Å². The van der Waals surface area contributed by atoms with Gasteiger partial charge in [-0.3, -0.25) is 9.59 Å². The molecule has 0 unspecified atom stereocenters. The molecule has 1 aliphatic rings. The number of halogens is 2. The van der Waals surface area contributed by atoms with Gasteiger partial charge in [0.05, 0.1) is 20.8 Å². The number of nitrogens with two attached hydrogens (primary N) is 1. The van der Waals surface area contributed by atoms with Crippen molar-refractivity contribution in [3.63, 3.8) is 0 Å². The van der Waals surface area contributed by atoms with E-state index in [1.807, 2.05) is 51.1 Å². The number of carbonyl (C=O) groups is 2. The van der Waals surface area contributed by atoms with Crippen molar-refractivity contribution in [3.05, 3.63) is 81.4 Å². The summed E-state index contributed by atoms with van der Waals surface area (Å²) in [4.78, 5) is 26.3. The molecule has 9 heteroatoms. The van der Waals surface area contributed by atoms with Crippen LogP contribution in [0.1, 0.15) is 65.1 Å². The summed E-state index contributed by atoms with van der Waals surface area (Å²) in [7, 11) is -3.93. The quantitative estimate of drug-likeness (QED) is 0.407. The first-order chi connectivity index (χ1) is 17.4. The van der Waals surface area contributed by atoms with Gasteiger partial charge in [0.2, 0.25) is 15.9 Å². The van der Waals surface area contributed by atoms with Crippen LogP contribution in [0, 0.1) is 11.3 Å². The molecule has 0 radical (unpaired) electrons. The molecule has 38 heavy (non-hydrogen) atoms. The number of benzene rings is 2. The van der Waals surface area contributed by atoms with Crippen molar-refractivity contribution in [2.75, 3.05) is 0 Å². The van der Waals surface area contributed by atoms with E-state index in [2.05, 4.69) is 0 Å². The molecule has 2 N–H and O–H groups in total. The van der Waals surface area contributed by atoms with Crippen LogP contribution in [-0.2, 0) is 26.0 Å². The van der Waals surface area contributed by atoms with Gasteiger partial charge in [0.15, 0.2) is 5.78 Å². The van der Waals surface area contributed by atoms with Gasteiger partial charge < -0.3 is 5.73 Å². The number of primary amides is 1. The molecule has 2 aromatic carbocycles. The van der Waals surface area contributed by atoms with Crippen LogP contribution in [0.3, 0.4) is 0 Å². The molecule has 0 bridgehead atoms. The highest BCUT2D eigenvalue weighted by Gasteiger charge is 2.52. The van der Waals surface area contributed by atoms with Gasteiger partial charge in [0.1, 0.15) is 0 Å². The van der Waals surface area contributed by atoms with E-state index >= 15 is 0 Å². The first-order valence-corrected chi connectivity index (χ1v) is 14.7. The highest BCUT2D eigenvalue weighted by Crippen LogP contribution is 2.48. The zero-order valence-corrected chi connectivity index (χ0v) is 25.0. The molecule has 3 atom stereocenters. The van der Waals surface area contributed by atoms with E-state index in [0.29, 0.717) is 22.6 Å². The number of sulfonamides is 1. The molecule has 3 rings (SSSR count). The van der Waals surface area contributed by atoms with Crippen LogP contribution < -0.4 is 5.73 Å². The third kappa shape index (κ3) is 6.33. The SMILES string of the molecule is CC(C)(C)[C@@H]1C=C(C(=O)C[C@@H](Cc2ccccc2)C(N)=O)[C@H](c2ccc(Cl)c(Cl)c2)N1S(=O)(=O)C(C)(C)C. The molecule has 1 heterocycles. The van der Waals surface area contributed by atoms with E-state index in [4.69, 9.17) is 28.9 Å². The maximum absolute atomic E-state index is 14.0. The Morgan fingerprint density at radius 3 is 2.08 bits per heavy atom. The number of Topliss-reactive ketones (excluding diaryl/α,β-unsaturated/α-hetero) is 1. The fraction of sp³-hybridized carbons (Fsp3) is 0.448. The topological polar surface area (TPSA) is 97.5 Å². The first-order valence-electron chi connectivity index (χ1n) is 12.5. The van der Waals surface area contributed by atoms with Gasteiger partial charge >= 0.3 is 0 Å². The van der Waals surface area contributed by atoms with E-state index in [-0.39, 0.29) is 17.2 Å². The molecule has 0 spiro atoms. The maximum atomic E-state index is 14.0. The van der Waals surface area contributed by atoms with E-state index in [0.717, 1.165) is 5.56 Å². The standard InChI is InChI=1S/C29H36Cl2N2O4S/c1-28(2,3)25-17-21(24(34)16-20(27(32)35)14-18-10-8-7-9-11-18)26(19-12-13-22(30)23(31)15-19)33(25)38(36,37)29(4,5)6/h7-13,15,17,20,25-26H,14,16H2,1-6H3,(H2,32,35)/t20-,25+,26+/m1/s1. The van der Waals surface area contributed by atoms with Crippen molar-refractivity contribution >= 4 is 44.9 Å². The molecule has 0 saturated carbocycles. The summed E-state index contributed by atoms with van der Waals surface area (Å²) in [6, 6.07) is 12.7. The van der Waals surface area contributed by atoms with Crippen LogP contribution in [0.25, 0.3) is 0 Å². The fourth-order valence-corrected chi connectivity index (χ4v) is 6.76. The predicted octanol–water partition coefficient (Wildman–Crippen LogP) is 6.12. The van der Waals surface area contributed by atoms with Crippen LogP contribution in [-0.4, -0.2) is 35.2 Å². The number of rotatable bonds is 8. The Morgan fingerprint density at radius 2 is 1.58 bits per heavy atom. The van der Waals surface area contributed by atoms with E-state index in [1.54, 1.807) is 45.0 Å². The van der Waals surface area contributed by atoms with Crippen LogP contribution in [0.5, 0.6) is 0 Å². The van der Waals surface area contributed by atoms with Gasteiger partial charge in [-0.1, -0.05) is 86.4 Å². The van der Waals surface area contributed by atoms with Crippen LogP contribution in [0.4, 0.5) is 0 Å². The lowest BCUT2D eigenvalue weighted by molar-refractivity contribution is -0.126. The van der Waals surface area contributed by atoms with Crippen molar-refractivity contribution in [2.24, 2.45) is 17.1 Å². The molecule has 1 aliphatic heterocycles. The average Bonchev–Trinajstić information content (AvgIpc) is 3.22. The summed E-state index contributed by atoms with van der Waals surface area (Å²) in [5, 5.41) is 0.571. The van der Waals surface area contributed by atoms with Gasteiger partial charge in [-0.2, -0.15) is 4.31 Å². The Balaban J connectivity index is 2.14. The van der Waals surface area contributed by atoms with Gasteiger partial charge in [-0.05, 0) is 55.9 Å². The molecular weight excluding hydrogens is 543 g/mol. The highest BCUT2D eigenvalue weighted by atomic mass is 35.5. The van der Waals surface area contributed by atoms with Crippen molar-refractivity contribution in [3.8, 4) is 0 Å². The van der Waals surface area contributed by atoms with Crippen LogP contribution >= 0.6 is 23.2 Å². The molecule has 6 nitrogen and oxygen atoms in total. The third-order valence-corrected chi connectivity index (χ3v) is 10.1. The van der Waals surface area contributed by atoms with E-state index in [1.165, 1.54) is 4.31 Å². The Hall–Kier alpha value is -2.19. The Morgan fingerprint density at radius 1 is 0.974 bits per heavy atom. The molecule has 0 aliphatic carbocycles. The lowest BCUT2D eigenvalue weighted by Gasteiger charge is -2.40. The zero-order chi connectivity index (χ0) is 28.6. The number of carbonyl (C=O) groups excluding carboxylic acids is 2. The summed E-state index contributed by atoms with van der Waals surface area (Å²) in [5.41, 5.74) is 6.89. The summed E-state index contributed by atoms with van der Waals surface area (Å²) >= 11 is 12.5. The maximum Gasteiger partial charge on any atom is 0.221 e. The number of amides is 1. The second-order valence-corrected chi connectivity index (χ2v) is 15.3. The predicted molar refractivity (Wildman–Crippen MR) is 153 cm³/mol. The highest BCUT2D eigenvalue weighted by molar-refractivity contribution is 7.90. The molecule has 0 aromatic heterocycles. The van der Waals surface area contributed by atoms with Crippen molar-refractivity contribution in [1.29, 1.82) is 0 Å². The van der Waals surface area contributed by atoms with E-state index in [9.17, 15) is 18.0 Å². The fourth-order valence-electron chi connectivity index (χ4n) is 4.64. The van der Waals surface area contributed by atoms with E-state index < -0.39 is 44.1 Å². The number of hydrogen-bond acceptors (Lipinski definition) is 4. The largest absolute Gasteiger partial charge is 0.369 e. The minimum Gasteiger partial charge on any atom is -0.369 e. The molecule has 0 saturated heterocycles. The Labute approximate surface area is 236 Å². The summed E-state index contributed by atoms with van der Waals surface area (Å²) in [6.07, 6.45) is 1.90. The molecule has 0 fully saturated rings.